The van der Waals surface area contributed by atoms with Crippen LogP contribution < -0.4 is 0 Å². The average Bonchev–Trinajstić information content (AvgIpc) is 2.58. The first-order valence-corrected chi connectivity index (χ1v) is 5.04. The van der Waals surface area contributed by atoms with Gasteiger partial charge in [0.2, 0.25) is 0 Å². The Labute approximate surface area is 74.9 Å². The van der Waals surface area contributed by atoms with Crippen LogP contribution in [0, 0.1) is 0 Å². The molecule has 2 aliphatic rings. The lowest BCUT2D eigenvalue weighted by molar-refractivity contribution is -0.0355. The highest BCUT2D eigenvalue weighted by molar-refractivity contribution is 4.71. The number of nitrogens with zero attached hydrogens (tertiary/aromatic N) is 3. The van der Waals surface area contributed by atoms with Gasteiger partial charge in [0, 0.05) is 39.3 Å². The van der Waals surface area contributed by atoms with E-state index in [1.807, 2.05) is 0 Å². The molecule has 2 fully saturated rings. The Morgan fingerprint density at radius 3 is 1.75 bits per heavy atom. The highest BCUT2D eigenvalue weighted by Crippen LogP contribution is 2.12. The maximum absolute atomic E-state index is 2.53. The lowest BCUT2D eigenvalue weighted by Crippen LogP contribution is -2.51. The van der Waals surface area contributed by atoms with E-state index in [2.05, 4.69) is 22.0 Å². The Kier molecular flexibility index (Phi) is 2.63. The zero-order valence-corrected chi connectivity index (χ0v) is 8.00. The summed E-state index contributed by atoms with van der Waals surface area (Å²) in [7, 11) is 2.21. The fraction of sp³-hybridized carbons (Fsp3) is 1.00. The first-order chi connectivity index (χ1) is 5.86. The van der Waals surface area contributed by atoms with Crippen LogP contribution in [-0.2, 0) is 0 Å². The van der Waals surface area contributed by atoms with Crippen LogP contribution in [0.2, 0.25) is 0 Å². The van der Waals surface area contributed by atoms with Gasteiger partial charge in [-0.1, -0.05) is 0 Å². The lowest BCUT2D eigenvalue weighted by atomic mass is 10.4. The second-order valence-corrected chi connectivity index (χ2v) is 3.92. The SMILES string of the molecule is CN1CCN(N2CCCC2)CC1. The third-order valence-corrected chi connectivity index (χ3v) is 2.96. The van der Waals surface area contributed by atoms with Crippen molar-refractivity contribution < 1.29 is 0 Å². The Balaban J connectivity index is 1.80. The zero-order valence-electron chi connectivity index (χ0n) is 8.00. The number of rotatable bonds is 1. The molecule has 0 aromatic heterocycles. The van der Waals surface area contributed by atoms with Crippen LogP contribution >= 0.6 is 0 Å². The van der Waals surface area contributed by atoms with Gasteiger partial charge in [-0.3, -0.25) is 0 Å². The van der Waals surface area contributed by atoms with Crippen molar-refractivity contribution >= 4 is 0 Å². The summed E-state index contributed by atoms with van der Waals surface area (Å²) in [6.45, 7) is 7.52. The molecule has 0 unspecified atom stereocenters. The van der Waals surface area contributed by atoms with E-state index < -0.39 is 0 Å². The molecule has 70 valence electrons. The second kappa shape index (κ2) is 3.73. The second-order valence-electron chi connectivity index (χ2n) is 3.92. The van der Waals surface area contributed by atoms with Gasteiger partial charge in [0.25, 0.3) is 0 Å². The Bertz CT molecular complexity index is 135. The lowest BCUT2D eigenvalue weighted by Gasteiger charge is -2.38. The van der Waals surface area contributed by atoms with Crippen LogP contribution in [-0.4, -0.2) is 61.2 Å². The molecule has 2 saturated heterocycles. The van der Waals surface area contributed by atoms with E-state index in [0.717, 1.165) is 0 Å². The molecule has 0 spiro atoms. The van der Waals surface area contributed by atoms with Crippen LogP contribution in [0.5, 0.6) is 0 Å². The highest BCUT2D eigenvalue weighted by Gasteiger charge is 2.22. The number of hydrogen-bond donors (Lipinski definition) is 0. The fourth-order valence-corrected chi connectivity index (χ4v) is 2.06. The normalized spacial score (nSPS) is 29.8. The van der Waals surface area contributed by atoms with Crippen molar-refractivity contribution in [1.29, 1.82) is 0 Å². The molecule has 0 saturated carbocycles. The minimum atomic E-state index is 1.23. The zero-order chi connectivity index (χ0) is 8.39. The Morgan fingerprint density at radius 1 is 0.667 bits per heavy atom. The van der Waals surface area contributed by atoms with Crippen LogP contribution in [0.4, 0.5) is 0 Å². The van der Waals surface area contributed by atoms with Crippen molar-refractivity contribution in [3.05, 3.63) is 0 Å². The summed E-state index contributed by atoms with van der Waals surface area (Å²) in [6.07, 6.45) is 2.79. The summed E-state index contributed by atoms with van der Waals surface area (Å²) in [4.78, 5) is 2.41. The molecule has 2 aliphatic heterocycles. The first-order valence-electron chi connectivity index (χ1n) is 5.04. The molecule has 2 rings (SSSR count). The molecule has 12 heavy (non-hydrogen) atoms. The smallest absolute Gasteiger partial charge is 0.0261 e. The molecule has 0 aliphatic carbocycles. The summed E-state index contributed by atoms with van der Waals surface area (Å²) in [6, 6.07) is 0. The third-order valence-electron chi connectivity index (χ3n) is 2.96. The molecular formula is C9H19N3. The average molecular weight is 169 g/mol. The molecule has 0 amide bonds. The van der Waals surface area contributed by atoms with E-state index in [1.165, 1.54) is 52.1 Å². The van der Waals surface area contributed by atoms with Gasteiger partial charge in [0.05, 0.1) is 0 Å². The van der Waals surface area contributed by atoms with Crippen molar-refractivity contribution in [3.63, 3.8) is 0 Å². The molecule has 0 atom stereocenters. The van der Waals surface area contributed by atoms with Crippen LogP contribution in [0.3, 0.4) is 0 Å². The van der Waals surface area contributed by atoms with Crippen LogP contribution in [0.15, 0.2) is 0 Å². The van der Waals surface area contributed by atoms with Crippen molar-refractivity contribution in [2.75, 3.05) is 46.3 Å². The molecule has 0 aromatic rings. The maximum Gasteiger partial charge on any atom is 0.0261 e. The van der Waals surface area contributed by atoms with E-state index in [9.17, 15) is 0 Å². The predicted molar refractivity (Wildman–Crippen MR) is 49.9 cm³/mol. The minimum Gasteiger partial charge on any atom is -0.304 e. The maximum atomic E-state index is 2.53. The molecule has 3 heteroatoms. The van der Waals surface area contributed by atoms with Crippen LogP contribution in [0.1, 0.15) is 12.8 Å². The molecule has 2 heterocycles. The summed E-state index contributed by atoms with van der Waals surface area (Å²) in [5, 5.41) is 5.07. The number of likely N-dealkylation sites (N-methyl/N-ethyl adjacent to an activating group) is 1. The summed E-state index contributed by atoms with van der Waals surface area (Å²) in [5.41, 5.74) is 0. The van der Waals surface area contributed by atoms with Crippen molar-refractivity contribution in [3.8, 4) is 0 Å². The minimum absolute atomic E-state index is 1.23. The third kappa shape index (κ3) is 1.79. The van der Waals surface area contributed by atoms with Gasteiger partial charge in [-0.05, 0) is 19.9 Å². The number of piperazine rings is 1. The highest BCUT2D eigenvalue weighted by atomic mass is 15.6. The molecular weight excluding hydrogens is 150 g/mol. The topological polar surface area (TPSA) is 9.72 Å². The van der Waals surface area contributed by atoms with Crippen molar-refractivity contribution in [1.82, 2.24) is 14.9 Å². The predicted octanol–water partition coefficient (Wildman–Crippen LogP) is 0.245. The molecule has 0 bridgehead atoms. The van der Waals surface area contributed by atoms with Crippen molar-refractivity contribution in [2.45, 2.75) is 12.8 Å². The summed E-state index contributed by atoms with van der Waals surface area (Å²) >= 11 is 0. The van der Waals surface area contributed by atoms with Gasteiger partial charge in [0.15, 0.2) is 0 Å². The standard InChI is InChI=1S/C9H19N3/c1-10-6-8-12(9-7-10)11-4-2-3-5-11/h2-9H2,1H3. The van der Waals surface area contributed by atoms with E-state index in [1.54, 1.807) is 0 Å². The summed E-state index contributed by atoms with van der Waals surface area (Å²) in [5.74, 6) is 0. The molecule has 0 aromatic carbocycles. The Hall–Kier alpha value is -0.120. The van der Waals surface area contributed by atoms with Gasteiger partial charge in [0.1, 0.15) is 0 Å². The quantitative estimate of drug-likeness (QED) is 0.557. The first kappa shape index (κ1) is 8.48. The van der Waals surface area contributed by atoms with Gasteiger partial charge in [-0.15, -0.1) is 0 Å². The van der Waals surface area contributed by atoms with Crippen molar-refractivity contribution in [2.24, 2.45) is 0 Å². The Morgan fingerprint density at radius 2 is 1.17 bits per heavy atom. The summed E-state index contributed by atoms with van der Waals surface area (Å²) < 4.78 is 0. The molecule has 0 N–H and O–H groups in total. The van der Waals surface area contributed by atoms with E-state index in [-0.39, 0.29) is 0 Å². The fourth-order valence-electron chi connectivity index (χ4n) is 2.06. The molecule has 0 radical (unpaired) electrons. The largest absolute Gasteiger partial charge is 0.304 e. The number of hydrogen-bond acceptors (Lipinski definition) is 3. The van der Waals surface area contributed by atoms with Gasteiger partial charge in [-0.2, -0.15) is 0 Å². The monoisotopic (exact) mass is 169 g/mol. The van der Waals surface area contributed by atoms with Gasteiger partial charge in [-0.25, -0.2) is 10.0 Å². The van der Waals surface area contributed by atoms with Gasteiger partial charge >= 0.3 is 0 Å². The number of hydrazine groups is 1. The van der Waals surface area contributed by atoms with E-state index >= 15 is 0 Å². The van der Waals surface area contributed by atoms with Gasteiger partial charge < -0.3 is 4.90 Å². The van der Waals surface area contributed by atoms with E-state index in [4.69, 9.17) is 0 Å². The van der Waals surface area contributed by atoms with Crippen LogP contribution in [0.25, 0.3) is 0 Å². The van der Waals surface area contributed by atoms with E-state index in [0.29, 0.717) is 0 Å². The molecule has 3 nitrogen and oxygen atoms in total.